The molecule has 1 unspecified atom stereocenters. The molecule has 4 rings (SSSR count). The number of thioether (sulfide) groups is 1. The van der Waals surface area contributed by atoms with Crippen LogP contribution >= 0.6 is 23.4 Å². The van der Waals surface area contributed by atoms with Gasteiger partial charge in [0.1, 0.15) is 0 Å². The van der Waals surface area contributed by atoms with Crippen LogP contribution in [0.5, 0.6) is 0 Å². The highest BCUT2D eigenvalue weighted by Crippen LogP contribution is 2.32. The first kappa shape index (κ1) is 20.4. The molecule has 1 atom stereocenters. The summed E-state index contributed by atoms with van der Waals surface area (Å²) in [4.78, 5) is 16.2. The fourth-order valence-electron chi connectivity index (χ4n) is 4.24. The van der Waals surface area contributed by atoms with Gasteiger partial charge in [-0.05, 0) is 43.4 Å². The third-order valence-corrected chi connectivity index (χ3v) is 7.22. The highest BCUT2D eigenvalue weighted by Gasteiger charge is 2.25. The molecule has 0 aliphatic carbocycles. The molecule has 1 aromatic heterocycles. The maximum absolute atomic E-state index is 12.9. The molecule has 1 saturated heterocycles. The second kappa shape index (κ2) is 9.27. The summed E-state index contributed by atoms with van der Waals surface area (Å²) in [5, 5.41) is 1.98. The lowest BCUT2D eigenvalue weighted by atomic mass is 10.0. The molecule has 1 amide bonds. The number of benzene rings is 2. The van der Waals surface area contributed by atoms with E-state index in [2.05, 4.69) is 52.9 Å². The molecule has 0 bridgehead atoms. The highest BCUT2D eigenvalue weighted by molar-refractivity contribution is 8.00. The molecule has 0 saturated carbocycles. The Morgan fingerprint density at radius 3 is 2.76 bits per heavy atom. The first-order chi connectivity index (χ1) is 14.2. The normalized spacial score (nSPS) is 17.0. The molecule has 1 fully saturated rings. The van der Waals surface area contributed by atoms with Crippen LogP contribution in [0.1, 0.15) is 38.2 Å². The SMILES string of the molecule is CCC1CCCCN1C(=O)CSc1cn(Cc2ccccc2Cl)c2ccccc12. The zero-order valence-electron chi connectivity index (χ0n) is 16.8. The van der Waals surface area contributed by atoms with Crippen LogP contribution < -0.4 is 0 Å². The molecule has 152 valence electrons. The summed E-state index contributed by atoms with van der Waals surface area (Å²) < 4.78 is 2.24. The predicted molar refractivity (Wildman–Crippen MR) is 123 cm³/mol. The van der Waals surface area contributed by atoms with Crippen LogP contribution in [0, 0.1) is 0 Å². The van der Waals surface area contributed by atoms with Crippen molar-refractivity contribution in [3.63, 3.8) is 0 Å². The number of hydrogen-bond acceptors (Lipinski definition) is 2. The van der Waals surface area contributed by atoms with Crippen molar-refractivity contribution >= 4 is 40.2 Å². The van der Waals surface area contributed by atoms with Gasteiger partial charge in [0, 0.05) is 46.1 Å². The summed E-state index contributed by atoms with van der Waals surface area (Å²) in [5.41, 5.74) is 2.27. The molecule has 0 N–H and O–H groups in total. The number of fused-ring (bicyclic) bond motifs is 1. The van der Waals surface area contributed by atoms with E-state index in [0.29, 0.717) is 11.8 Å². The number of carbonyl (C=O) groups excluding carboxylic acids is 1. The zero-order chi connectivity index (χ0) is 20.2. The third kappa shape index (κ3) is 4.49. The zero-order valence-corrected chi connectivity index (χ0v) is 18.4. The van der Waals surface area contributed by atoms with E-state index in [-0.39, 0.29) is 5.91 Å². The van der Waals surface area contributed by atoms with Crippen LogP contribution in [0.4, 0.5) is 0 Å². The lowest BCUT2D eigenvalue weighted by Crippen LogP contribution is -2.44. The van der Waals surface area contributed by atoms with Crippen molar-refractivity contribution in [3.8, 4) is 0 Å². The first-order valence-electron chi connectivity index (χ1n) is 10.4. The Labute approximate surface area is 182 Å². The maximum Gasteiger partial charge on any atom is 0.233 e. The molecule has 3 nitrogen and oxygen atoms in total. The molecular formula is C24H27ClN2OS. The summed E-state index contributed by atoms with van der Waals surface area (Å²) in [7, 11) is 0. The van der Waals surface area contributed by atoms with E-state index < -0.39 is 0 Å². The molecular weight excluding hydrogens is 400 g/mol. The Morgan fingerprint density at radius 1 is 1.14 bits per heavy atom. The summed E-state index contributed by atoms with van der Waals surface area (Å²) in [6.45, 7) is 3.82. The van der Waals surface area contributed by atoms with Gasteiger partial charge in [0.05, 0.1) is 5.75 Å². The van der Waals surface area contributed by atoms with Gasteiger partial charge in [-0.2, -0.15) is 0 Å². The van der Waals surface area contributed by atoms with Gasteiger partial charge >= 0.3 is 0 Å². The van der Waals surface area contributed by atoms with Gasteiger partial charge in [-0.15, -0.1) is 11.8 Å². The van der Waals surface area contributed by atoms with E-state index in [4.69, 9.17) is 11.6 Å². The molecule has 1 aliphatic heterocycles. The van der Waals surface area contributed by atoms with Gasteiger partial charge in [-0.25, -0.2) is 0 Å². The van der Waals surface area contributed by atoms with Crippen LogP contribution in [-0.4, -0.2) is 33.7 Å². The van der Waals surface area contributed by atoms with E-state index in [0.717, 1.165) is 47.8 Å². The van der Waals surface area contributed by atoms with Gasteiger partial charge in [0.25, 0.3) is 0 Å². The largest absolute Gasteiger partial charge is 0.342 e. The van der Waals surface area contributed by atoms with E-state index in [1.54, 1.807) is 11.8 Å². The van der Waals surface area contributed by atoms with Crippen molar-refractivity contribution in [1.82, 2.24) is 9.47 Å². The molecule has 0 radical (unpaired) electrons. The molecule has 1 aliphatic rings. The van der Waals surface area contributed by atoms with Gasteiger partial charge in [0.2, 0.25) is 5.91 Å². The molecule has 3 aromatic rings. The van der Waals surface area contributed by atoms with Crippen molar-refractivity contribution in [2.75, 3.05) is 12.3 Å². The lowest BCUT2D eigenvalue weighted by molar-refractivity contribution is -0.132. The summed E-state index contributed by atoms with van der Waals surface area (Å²) >= 11 is 8.03. The van der Waals surface area contributed by atoms with Crippen molar-refractivity contribution in [1.29, 1.82) is 0 Å². The standard InChI is InChI=1S/C24H27ClN2OS/c1-2-19-10-7-8-14-27(19)24(28)17-29-23-16-26(22-13-6-4-11-20(22)23)15-18-9-3-5-12-21(18)25/h3-6,9,11-13,16,19H,2,7-8,10,14-15,17H2,1H3. The topological polar surface area (TPSA) is 25.2 Å². The number of nitrogens with zero attached hydrogens (tertiary/aromatic N) is 2. The smallest absolute Gasteiger partial charge is 0.233 e. The van der Waals surface area contributed by atoms with Gasteiger partial charge in [0.15, 0.2) is 0 Å². The second-order valence-corrected chi connectivity index (χ2v) is 9.09. The molecule has 0 spiro atoms. The first-order valence-corrected chi connectivity index (χ1v) is 11.8. The fourth-order valence-corrected chi connectivity index (χ4v) is 5.42. The van der Waals surface area contributed by atoms with Crippen LogP contribution in [0.3, 0.4) is 0 Å². The predicted octanol–water partition coefficient (Wildman–Crippen LogP) is 6.23. The third-order valence-electron chi connectivity index (χ3n) is 5.82. The van der Waals surface area contributed by atoms with Crippen molar-refractivity contribution in [2.24, 2.45) is 0 Å². The van der Waals surface area contributed by atoms with Crippen LogP contribution in [0.2, 0.25) is 5.02 Å². The number of amides is 1. The minimum Gasteiger partial charge on any atom is -0.342 e. The molecule has 2 aromatic carbocycles. The van der Waals surface area contributed by atoms with E-state index in [1.165, 1.54) is 17.3 Å². The minimum absolute atomic E-state index is 0.268. The van der Waals surface area contributed by atoms with Gasteiger partial charge in [-0.3, -0.25) is 4.79 Å². The number of para-hydroxylation sites is 1. The number of rotatable bonds is 6. The number of likely N-dealkylation sites (tertiary alicyclic amines) is 1. The Kier molecular flexibility index (Phi) is 6.51. The van der Waals surface area contributed by atoms with Crippen molar-refractivity contribution in [2.45, 2.75) is 50.1 Å². The maximum atomic E-state index is 12.9. The Balaban J connectivity index is 1.53. The quantitative estimate of drug-likeness (QED) is 0.437. The number of piperidine rings is 1. The minimum atomic E-state index is 0.268. The Bertz CT molecular complexity index is 999. The number of hydrogen-bond donors (Lipinski definition) is 0. The molecule has 29 heavy (non-hydrogen) atoms. The summed E-state index contributed by atoms with van der Waals surface area (Å²) in [5.74, 6) is 0.765. The van der Waals surface area contributed by atoms with Crippen LogP contribution in [0.15, 0.2) is 59.6 Å². The molecule has 5 heteroatoms. The summed E-state index contributed by atoms with van der Waals surface area (Å²) in [6, 6.07) is 16.8. The van der Waals surface area contributed by atoms with Crippen LogP contribution in [0.25, 0.3) is 10.9 Å². The average Bonchev–Trinajstić information content (AvgIpc) is 3.11. The second-order valence-electron chi connectivity index (χ2n) is 7.66. The van der Waals surface area contributed by atoms with Gasteiger partial charge < -0.3 is 9.47 Å². The Hall–Kier alpha value is -1.91. The Morgan fingerprint density at radius 2 is 1.93 bits per heavy atom. The number of carbonyl (C=O) groups is 1. The summed E-state index contributed by atoms with van der Waals surface area (Å²) in [6.07, 6.45) is 6.73. The van der Waals surface area contributed by atoms with Gasteiger partial charge in [-0.1, -0.05) is 54.9 Å². The number of aromatic nitrogens is 1. The van der Waals surface area contributed by atoms with Crippen molar-refractivity contribution in [3.05, 3.63) is 65.3 Å². The van der Waals surface area contributed by atoms with E-state index >= 15 is 0 Å². The fraction of sp³-hybridized carbons (Fsp3) is 0.375. The average molecular weight is 427 g/mol. The van der Waals surface area contributed by atoms with E-state index in [1.807, 2.05) is 18.2 Å². The van der Waals surface area contributed by atoms with E-state index in [9.17, 15) is 4.79 Å². The monoisotopic (exact) mass is 426 g/mol. The lowest BCUT2D eigenvalue weighted by Gasteiger charge is -2.35. The number of halogens is 1. The van der Waals surface area contributed by atoms with Crippen molar-refractivity contribution < 1.29 is 4.79 Å². The highest BCUT2D eigenvalue weighted by atomic mass is 35.5. The van der Waals surface area contributed by atoms with Crippen LogP contribution in [-0.2, 0) is 11.3 Å². The molecule has 2 heterocycles.